The lowest BCUT2D eigenvalue weighted by Gasteiger charge is -2.22. The summed E-state index contributed by atoms with van der Waals surface area (Å²) in [6, 6.07) is 10.5. The molecule has 0 spiro atoms. The highest BCUT2D eigenvalue weighted by Crippen LogP contribution is 2.32. The van der Waals surface area contributed by atoms with Crippen molar-refractivity contribution in [2.24, 2.45) is 0 Å². The Morgan fingerprint density at radius 3 is 2.19 bits per heavy atom. The van der Waals surface area contributed by atoms with Crippen molar-refractivity contribution in [2.45, 2.75) is 44.4 Å². The zero-order valence-electron chi connectivity index (χ0n) is 21.4. The van der Waals surface area contributed by atoms with E-state index in [4.69, 9.17) is 4.98 Å². The fourth-order valence-corrected chi connectivity index (χ4v) is 6.81. The molecular formula is C26H35ClN4O3S2. The van der Waals surface area contributed by atoms with E-state index in [2.05, 4.69) is 26.0 Å². The lowest BCUT2D eigenvalue weighted by Crippen LogP contribution is -2.36. The number of sulfonamides is 1. The van der Waals surface area contributed by atoms with Crippen molar-refractivity contribution < 1.29 is 13.2 Å². The fourth-order valence-electron chi connectivity index (χ4n) is 4.22. The Morgan fingerprint density at radius 2 is 1.58 bits per heavy atom. The second-order valence-electron chi connectivity index (χ2n) is 9.50. The monoisotopic (exact) mass is 550 g/mol. The molecule has 1 fully saturated rings. The first-order valence-corrected chi connectivity index (χ1v) is 14.4. The van der Waals surface area contributed by atoms with Crippen LogP contribution in [0, 0.1) is 13.8 Å². The number of rotatable bonds is 7. The summed E-state index contributed by atoms with van der Waals surface area (Å²) in [5.74, 6) is -0.182. The van der Waals surface area contributed by atoms with E-state index in [1.807, 2.05) is 19.0 Å². The molecule has 0 bridgehead atoms. The molecule has 0 N–H and O–H groups in total. The zero-order chi connectivity index (χ0) is 25.2. The third-order valence-corrected chi connectivity index (χ3v) is 9.50. The molecule has 1 aromatic heterocycles. The lowest BCUT2D eigenvalue weighted by atomic mass is 10.1. The number of likely N-dealkylation sites (N-methyl/N-ethyl adjacent to an activating group) is 1. The average molecular weight is 551 g/mol. The van der Waals surface area contributed by atoms with Crippen molar-refractivity contribution in [1.29, 1.82) is 0 Å². The molecule has 0 radical (unpaired) electrons. The molecule has 2 aromatic carbocycles. The van der Waals surface area contributed by atoms with Crippen LogP contribution in [0.1, 0.15) is 47.2 Å². The summed E-state index contributed by atoms with van der Waals surface area (Å²) in [6.07, 6.45) is 3.90. The number of carbonyl (C=O) groups excluding carboxylic acids is 1. The Morgan fingerprint density at radius 1 is 0.972 bits per heavy atom. The van der Waals surface area contributed by atoms with E-state index in [0.29, 0.717) is 36.9 Å². The normalized spacial score (nSPS) is 15.0. The number of aryl methyl sites for hydroxylation is 2. The Kier molecular flexibility index (Phi) is 9.51. The van der Waals surface area contributed by atoms with Gasteiger partial charge in [0.05, 0.1) is 15.1 Å². The summed E-state index contributed by atoms with van der Waals surface area (Å²) in [7, 11) is 0.381. The Labute approximate surface area is 224 Å². The highest BCUT2D eigenvalue weighted by molar-refractivity contribution is 7.89. The van der Waals surface area contributed by atoms with Crippen molar-refractivity contribution >= 4 is 55.0 Å². The lowest BCUT2D eigenvalue weighted by molar-refractivity contribution is 0.0985. The number of anilines is 1. The van der Waals surface area contributed by atoms with Gasteiger partial charge in [0.15, 0.2) is 5.13 Å². The summed E-state index contributed by atoms with van der Waals surface area (Å²) < 4.78 is 28.9. The van der Waals surface area contributed by atoms with E-state index in [9.17, 15) is 13.2 Å². The molecule has 0 saturated carbocycles. The van der Waals surface area contributed by atoms with Gasteiger partial charge in [-0.15, -0.1) is 12.4 Å². The minimum absolute atomic E-state index is 0. The highest BCUT2D eigenvalue weighted by Gasteiger charge is 2.26. The predicted molar refractivity (Wildman–Crippen MR) is 150 cm³/mol. The molecule has 1 aliphatic rings. The second-order valence-corrected chi connectivity index (χ2v) is 12.5. The topological polar surface area (TPSA) is 73.8 Å². The van der Waals surface area contributed by atoms with Gasteiger partial charge in [-0.25, -0.2) is 13.4 Å². The number of benzene rings is 2. The van der Waals surface area contributed by atoms with Crippen molar-refractivity contribution in [3.05, 3.63) is 53.1 Å². The molecule has 0 aliphatic carbocycles. The molecule has 7 nitrogen and oxygen atoms in total. The van der Waals surface area contributed by atoms with Crippen LogP contribution in [0.2, 0.25) is 0 Å². The van der Waals surface area contributed by atoms with Crippen LogP contribution in [0.3, 0.4) is 0 Å². The standard InChI is InChI=1S/C26H34N4O3S2.ClH/c1-19-17-23-24(18-20(19)2)34-26(27-23)30(16-15-28(3)4)25(31)21-9-11-22(12-10-21)35(32,33)29-13-7-5-6-8-14-29;/h9-12,17-18H,5-8,13-16H2,1-4H3;1H. The summed E-state index contributed by atoms with van der Waals surface area (Å²) in [4.78, 5) is 22.3. The number of thiazole rings is 1. The van der Waals surface area contributed by atoms with Gasteiger partial charge in [0, 0.05) is 31.7 Å². The number of amides is 1. The van der Waals surface area contributed by atoms with Gasteiger partial charge in [-0.1, -0.05) is 24.2 Å². The van der Waals surface area contributed by atoms with Crippen LogP contribution in [-0.4, -0.2) is 68.8 Å². The van der Waals surface area contributed by atoms with Crippen LogP contribution < -0.4 is 4.90 Å². The first kappa shape index (κ1) is 28.5. The van der Waals surface area contributed by atoms with Crippen LogP contribution in [0.25, 0.3) is 10.2 Å². The van der Waals surface area contributed by atoms with E-state index in [-0.39, 0.29) is 23.2 Å². The second kappa shape index (κ2) is 12.0. The summed E-state index contributed by atoms with van der Waals surface area (Å²) in [5.41, 5.74) is 3.70. The maximum atomic E-state index is 13.6. The van der Waals surface area contributed by atoms with Gasteiger partial charge in [-0.05, 0) is 88.3 Å². The van der Waals surface area contributed by atoms with Crippen LogP contribution in [0.4, 0.5) is 5.13 Å². The van der Waals surface area contributed by atoms with Gasteiger partial charge in [-0.3, -0.25) is 9.69 Å². The Balaban J connectivity index is 0.00000361. The first-order chi connectivity index (χ1) is 16.7. The predicted octanol–water partition coefficient (Wildman–Crippen LogP) is 5.11. The average Bonchev–Trinajstić information content (AvgIpc) is 3.03. The third-order valence-electron chi connectivity index (χ3n) is 6.54. The molecule has 1 aliphatic heterocycles. The first-order valence-electron chi connectivity index (χ1n) is 12.1. The zero-order valence-corrected chi connectivity index (χ0v) is 23.8. The van der Waals surface area contributed by atoms with Gasteiger partial charge < -0.3 is 4.90 Å². The molecule has 4 rings (SSSR count). The van der Waals surface area contributed by atoms with E-state index in [1.165, 1.54) is 22.5 Å². The molecule has 36 heavy (non-hydrogen) atoms. The largest absolute Gasteiger partial charge is 0.308 e. The number of aromatic nitrogens is 1. The van der Waals surface area contributed by atoms with Crippen molar-refractivity contribution in [3.8, 4) is 0 Å². The number of hydrogen-bond donors (Lipinski definition) is 0. The molecule has 0 atom stereocenters. The summed E-state index contributed by atoms with van der Waals surface area (Å²) in [6.45, 7) is 6.41. The summed E-state index contributed by atoms with van der Waals surface area (Å²) in [5, 5.41) is 0.651. The Hall–Kier alpha value is -2.04. The summed E-state index contributed by atoms with van der Waals surface area (Å²) >= 11 is 1.50. The highest BCUT2D eigenvalue weighted by atomic mass is 35.5. The number of hydrogen-bond acceptors (Lipinski definition) is 6. The van der Waals surface area contributed by atoms with Gasteiger partial charge in [0.25, 0.3) is 5.91 Å². The van der Waals surface area contributed by atoms with Gasteiger partial charge >= 0.3 is 0 Å². The van der Waals surface area contributed by atoms with Crippen LogP contribution in [-0.2, 0) is 10.0 Å². The quantitative estimate of drug-likeness (QED) is 0.409. The van der Waals surface area contributed by atoms with Crippen molar-refractivity contribution in [3.63, 3.8) is 0 Å². The molecule has 3 aromatic rings. The van der Waals surface area contributed by atoms with Crippen LogP contribution >= 0.6 is 23.7 Å². The van der Waals surface area contributed by atoms with Crippen molar-refractivity contribution in [2.75, 3.05) is 45.2 Å². The molecule has 1 saturated heterocycles. The van der Waals surface area contributed by atoms with Gasteiger partial charge in [0.1, 0.15) is 0 Å². The van der Waals surface area contributed by atoms with E-state index in [0.717, 1.165) is 35.9 Å². The van der Waals surface area contributed by atoms with Gasteiger partial charge in [0.2, 0.25) is 10.0 Å². The molecule has 1 amide bonds. The van der Waals surface area contributed by atoms with E-state index < -0.39 is 10.0 Å². The van der Waals surface area contributed by atoms with Crippen LogP contribution in [0.5, 0.6) is 0 Å². The number of halogens is 1. The molecule has 2 heterocycles. The SMILES string of the molecule is Cc1cc2nc(N(CCN(C)C)C(=O)c3ccc(S(=O)(=O)N4CCCCCC4)cc3)sc2cc1C.Cl. The van der Waals surface area contributed by atoms with Crippen LogP contribution in [0.15, 0.2) is 41.3 Å². The third kappa shape index (κ3) is 6.26. The molecular weight excluding hydrogens is 516 g/mol. The molecule has 0 unspecified atom stereocenters. The maximum Gasteiger partial charge on any atom is 0.260 e. The van der Waals surface area contributed by atoms with E-state index in [1.54, 1.807) is 33.5 Å². The number of nitrogens with zero attached hydrogens (tertiary/aromatic N) is 4. The minimum Gasteiger partial charge on any atom is -0.308 e. The van der Waals surface area contributed by atoms with Gasteiger partial charge in [-0.2, -0.15) is 4.31 Å². The molecule has 196 valence electrons. The Bertz CT molecular complexity index is 1260. The molecule has 10 heteroatoms. The number of carbonyl (C=O) groups is 1. The minimum atomic E-state index is -3.56. The number of fused-ring (bicyclic) bond motifs is 1. The van der Waals surface area contributed by atoms with E-state index >= 15 is 0 Å². The fraction of sp³-hybridized carbons (Fsp3) is 0.462. The maximum absolute atomic E-state index is 13.6. The smallest absolute Gasteiger partial charge is 0.260 e. The van der Waals surface area contributed by atoms with Crippen molar-refractivity contribution in [1.82, 2.24) is 14.2 Å².